The van der Waals surface area contributed by atoms with E-state index >= 15 is 0 Å². The number of ether oxygens (including phenoxy) is 1. The quantitative estimate of drug-likeness (QED) is 0.603. The summed E-state index contributed by atoms with van der Waals surface area (Å²) in [7, 11) is 0. The Morgan fingerprint density at radius 1 is 1.25 bits per heavy atom. The van der Waals surface area contributed by atoms with Gasteiger partial charge in [-0.1, -0.05) is 36.4 Å². The Kier molecular flexibility index (Phi) is 3.26. The monoisotopic (exact) mass is 261 g/mol. The fraction of sp³-hybridized carbons (Fsp3) is 0.167. The third-order valence-corrected chi connectivity index (χ3v) is 3.44. The van der Waals surface area contributed by atoms with Gasteiger partial charge in [-0.15, -0.1) is 0 Å². The molecular formula is C18H15NO. The first kappa shape index (κ1) is 12.5. The summed E-state index contributed by atoms with van der Waals surface area (Å²) in [5.74, 6) is 0.966. The minimum atomic E-state index is 0.244. The average molecular weight is 261 g/mol. The predicted octanol–water partition coefficient (Wildman–Crippen LogP) is 4.07. The van der Waals surface area contributed by atoms with Crippen molar-refractivity contribution in [1.82, 2.24) is 0 Å². The summed E-state index contributed by atoms with van der Waals surface area (Å²) < 4.78 is 5.69. The van der Waals surface area contributed by atoms with Gasteiger partial charge in [0.1, 0.15) is 11.9 Å². The fourth-order valence-corrected chi connectivity index (χ4v) is 2.50. The van der Waals surface area contributed by atoms with Crippen LogP contribution < -0.4 is 4.74 Å². The highest BCUT2D eigenvalue weighted by Gasteiger charge is 2.18. The van der Waals surface area contributed by atoms with Crippen LogP contribution in [0.15, 0.2) is 48.5 Å². The summed E-state index contributed by atoms with van der Waals surface area (Å²) in [5, 5.41) is 9.33. The van der Waals surface area contributed by atoms with E-state index in [2.05, 4.69) is 19.1 Å². The zero-order chi connectivity index (χ0) is 13.9. The Morgan fingerprint density at radius 2 is 2.05 bits per heavy atom. The molecule has 0 saturated heterocycles. The van der Waals surface area contributed by atoms with E-state index in [4.69, 9.17) is 4.74 Å². The van der Waals surface area contributed by atoms with Crippen molar-refractivity contribution in [1.29, 1.82) is 5.26 Å². The van der Waals surface area contributed by atoms with Gasteiger partial charge in [-0.3, -0.25) is 0 Å². The van der Waals surface area contributed by atoms with E-state index < -0.39 is 0 Å². The van der Waals surface area contributed by atoms with E-state index in [0.717, 1.165) is 23.3 Å². The second-order valence-corrected chi connectivity index (χ2v) is 5.04. The first-order valence-corrected chi connectivity index (χ1v) is 6.73. The van der Waals surface area contributed by atoms with E-state index in [1.54, 1.807) is 0 Å². The van der Waals surface area contributed by atoms with Crippen molar-refractivity contribution >= 4 is 11.6 Å². The molecule has 0 bridgehead atoms. The first-order valence-electron chi connectivity index (χ1n) is 6.73. The van der Waals surface area contributed by atoms with Crippen molar-refractivity contribution in [3.63, 3.8) is 0 Å². The number of nitriles is 1. The molecule has 2 aromatic carbocycles. The second kappa shape index (κ2) is 5.22. The molecule has 20 heavy (non-hydrogen) atoms. The molecule has 0 radical (unpaired) electrons. The van der Waals surface area contributed by atoms with Gasteiger partial charge >= 0.3 is 0 Å². The van der Waals surface area contributed by atoms with Crippen molar-refractivity contribution in [2.45, 2.75) is 19.4 Å². The van der Waals surface area contributed by atoms with Crippen LogP contribution >= 0.6 is 0 Å². The normalized spacial score (nSPS) is 17.2. The maximum Gasteiger partial charge on any atom is 0.123 e. The van der Waals surface area contributed by atoms with Crippen LogP contribution in [0.3, 0.4) is 0 Å². The number of nitrogens with zero attached hydrogens (tertiary/aromatic N) is 1. The summed E-state index contributed by atoms with van der Waals surface area (Å²) in [6.07, 6.45) is 3.11. The van der Waals surface area contributed by atoms with E-state index in [-0.39, 0.29) is 6.10 Å². The molecule has 0 aromatic heterocycles. The maximum absolute atomic E-state index is 9.33. The lowest BCUT2D eigenvalue weighted by atomic mass is 10.0. The third kappa shape index (κ3) is 2.44. The zero-order valence-electron chi connectivity index (χ0n) is 11.3. The highest BCUT2D eigenvalue weighted by molar-refractivity contribution is 5.89. The standard InChI is InChI=1S/C18H15NO/c1-13-9-16-10-14(7-8-18(16)20-13)11-17(12-19)15-5-3-2-4-6-15/h2-8,10-11,13H,9H2,1H3/b17-11+/t13-/m0/s1. The molecule has 1 atom stereocenters. The number of hydrogen-bond donors (Lipinski definition) is 0. The lowest BCUT2D eigenvalue weighted by molar-refractivity contribution is 0.254. The number of fused-ring (bicyclic) bond motifs is 1. The number of allylic oxidation sites excluding steroid dienone is 1. The van der Waals surface area contributed by atoms with Gasteiger partial charge in [0.15, 0.2) is 0 Å². The van der Waals surface area contributed by atoms with Crippen molar-refractivity contribution in [2.24, 2.45) is 0 Å². The molecule has 0 fully saturated rings. The molecule has 0 spiro atoms. The Balaban J connectivity index is 1.96. The van der Waals surface area contributed by atoms with Crippen molar-refractivity contribution in [3.05, 3.63) is 65.2 Å². The summed E-state index contributed by atoms with van der Waals surface area (Å²) in [4.78, 5) is 0. The van der Waals surface area contributed by atoms with Gasteiger partial charge in [0.05, 0.1) is 11.6 Å². The van der Waals surface area contributed by atoms with E-state index in [1.807, 2.05) is 48.5 Å². The second-order valence-electron chi connectivity index (χ2n) is 5.04. The minimum absolute atomic E-state index is 0.244. The highest BCUT2D eigenvalue weighted by Crippen LogP contribution is 2.30. The van der Waals surface area contributed by atoms with Gasteiger partial charge in [-0.2, -0.15) is 5.26 Å². The number of hydrogen-bond acceptors (Lipinski definition) is 2. The molecule has 0 amide bonds. The molecule has 1 heterocycles. The zero-order valence-corrected chi connectivity index (χ0v) is 11.3. The van der Waals surface area contributed by atoms with Gasteiger partial charge in [-0.25, -0.2) is 0 Å². The number of rotatable bonds is 2. The first-order chi connectivity index (χ1) is 9.76. The summed E-state index contributed by atoms with van der Waals surface area (Å²) in [6.45, 7) is 2.07. The summed E-state index contributed by atoms with van der Waals surface area (Å²) in [5.41, 5.74) is 3.89. The van der Waals surface area contributed by atoms with Crippen LogP contribution in [0.5, 0.6) is 5.75 Å². The molecule has 2 aromatic rings. The van der Waals surface area contributed by atoms with Crippen molar-refractivity contribution in [2.75, 3.05) is 0 Å². The van der Waals surface area contributed by atoms with Crippen molar-refractivity contribution < 1.29 is 4.74 Å². The molecule has 0 N–H and O–H groups in total. The maximum atomic E-state index is 9.33. The highest BCUT2D eigenvalue weighted by atomic mass is 16.5. The van der Waals surface area contributed by atoms with Gasteiger partial charge < -0.3 is 4.74 Å². The van der Waals surface area contributed by atoms with Crippen LogP contribution in [0.4, 0.5) is 0 Å². The molecule has 2 heteroatoms. The van der Waals surface area contributed by atoms with Gasteiger partial charge in [0, 0.05) is 6.42 Å². The van der Waals surface area contributed by atoms with Gasteiger partial charge in [0.25, 0.3) is 0 Å². The molecule has 3 rings (SSSR count). The lowest BCUT2D eigenvalue weighted by Gasteiger charge is -2.03. The van der Waals surface area contributed by atoms with Crippen LogP contribution in [0.25, 0.3) is 11.6 Å². The predicted molar refractivity (Wildman–Crippen MR) is 80.2 cm³/mol. The Labute approximate surface area is 118 Å². The van der Waals surface area contributed by atoms with E-state index in [0.29, 0.717) is 5.57 Å². The van der Waals surface area contributed by atoms with Gasteiger partial charge in [0.2, 0.25) is 0 Å². The third-order valence-electron chi connectivity index (χ3n) is 3.44. The SMILES string of the molecule is C[C@H]1Cc2cc(/C=C(\C#N)c3ccccc3)ccc2O1. The van der Waals surface area contributed by atoms with E-state index in [9.17, 15) is 5.26 Å². The smallest absolute Gasteiger partial charge is 0.123 e. The molecular weight excluding hydrogens is 246 g/mol. The van der Waals surface area contributed by atoms with Gasteiger partial charge in [-0.05, 0) is 41.8 Å². The van der Waals surface area contributed by atoms with Crippen LogP contribution in [0.2, 0.25) is 0 Å². The molecule has 2 nitrogen and oxygen atoms in total. The fourth-order valence-electron chi connectivity index (χ4n) is 2.50. The van der Waals surface area contributed by atoms with Crippen LogP contribution in [0.1, 0.15) is 23.6 Å². The van der Waals surface area contributed by atoms with Crippen LogP contribution in [0, 0.1) is 11.3 Å². The molecule has 0 aliphatic carbocycles. The average Bonchev–Trinajstić information content (AvgIpc) is 2.85. The van der Waals surface area contributed by atoms with Crippen LogP contribution in [-0.4, -0.2) is 6.10 Å². The summed E-state index contributed by atoms with van der Waals surface area (Å²) >= 11 is 0. The summed E-state index contributed by atoms with van der Waals surface area (Å²) in [6, 6.07) is 18.1. The van der Waals surface area contributed by atoms with E-state index in [1.165, 1.54) is 5.56 Å². The Morgan fingerprint density at radius 3 is 2.80 bits per heavy atom. The van der Waals surface area contributed by atoms with Crippen LogP contribution in [-0.2, 0) is 6.42 Å². The molecule has 0 unspecified atom stereocenters. The Hall–Kier alpha value is -2.53. The molecule has 98 valence electrons. The molecule has 0 saturated carbocycles. The Bertz CT molecular complexity index is 695. The molecule has 1 aliphatic rings. The van der Waals surface area contributed by atoms with Crippen molar-refractivity contribution in [3.8, 4) is 11.8 Å². The minimum Gasteiger partial charge on any atom is -0.490 e. The topological polar surface area (TPSA) is 33.0 Å². The largest absolute Gasteiger partial charge is 0.490 e. The lowest BCUT2D eigenvalue weighted by Crippen LogP contribution is -2.05. The number of benzene rings is 2. The molecule has 1 aliphatic heterocycles.